The Balaban J connectivity index is 2.26. The third-order valence-corrected chi connectivity index (χ3v) is 2.79. The van der Waals surface area contributed by atoms with Crippen molar-refractivity contribution in [1.82, 2.24) is 4.90 Å². The SMILES string of the molecule is CCN(CCCO)CCOc1cccc(Cl)c1. The number of rotatable bonds is 8. The van der Waals surface area contributed by atoms with Crippen LogP contribution >= 0.6 is 11.6 Å². The number of hydrogen-bond acceptors (Lipinski definition) is 3. The molecule has 0 heterocycles. The maximum absolute atomic E-state index is 8.77. The van der Waals surface area contributed by atoms with E-state index in [0.29, 0.717) is 11.6 Å². The lowest BCUT2D eigenvalue weighted by molar-refractivity contribution is 0.195. The Morgan fingerprint density at radius 3 is 2.82 bits per heavy atom. The van der Waals surface area contributed by atoms with Crippen LogP contribution in [0.25, 0.3) is 0 Å². The highest BCUT2D eigenvalue weighted by molar-refractivity contribution is 6.30. The third kappa shape index (κ3) is 5.91. The molecule has 0 aromatic heterocycles. The maximum atomic E-state index is 8.77. The topological polar surface area (TPSA) is 32.7 Å². The van der Waals surface area contributed by atoms with Gasteiger partial charge in [-0.3, -0.25) is 0 Å². The molecule has 0 aliphatic heterocycles. The average molecular weight is 258 g/mol. The second-order valence-electron chi connectivity index (χ2n) is 3.82. The Morgan fingerprint density at radius 2 is 2.18 bits per heavy atom. The van der Waals surface area contributed by atoms with Crippen molar-refractivity contribution in [3.05, 3.63) is 29.3 Å². The number of aliphatic hydroxyl groups excluding tert-OH is 1. The second kappa shape index (κ2) is 8.34. The van der Waals surface area contributed by atoms with Gasteiger partial charge in [-0.2, -0.15) is 0 Å². The first-order chi connectivity index (χ1) is 8.26. The summed E-state index contributed by atoms with van der Waals surface area (Å²) < 4.78 is 5.61. The summed E-state index contributed by atoms with van der Waals surface area (Å²) in [7, 11) is 0. The van der Waals surface area contributed by atoms with Gasteiger partial charge in [0.1, 0.15) is 12.4 Å². The zero-order valence-corrected chi connectivity index (χ0v) is 11.0. The molecular weight excluding hydrogens is 238 g/mol. The van der Waals surface area contributed by atoms with E-state index in [0.717, 1.165) is 31.8 Å². The van der Waals surface area contributed by atoms with Crippen molar-refractivity contribution in [2.75, 3.05) is 32.8 Å². The van der Waals surface area contributed by atoms with Crippen molar-refractivity contribution in [2.45, 2.75) is 13.3 Å². The number of hydrogen-bond donors (Lipinski definition) is 1. The monoisotopic (exact) mass is 257 g/mol. The van der Waals surface area contributed by atoms with Crippen LogP contribution in [0.3, 0.4) is 0 Å². The molecule has 4 heteroatoms. The van der Waals surface area contributed by atoms with E-state index in [-0.39, 0.29) is 6.61 Å². The summed E-state index contributed by atoms with van der Waals surface area (Å²) in [5, 5.41) is 9.46. The van der Waals surface area contributed by atoms with Gasteiger partial charge in [0.2, 0.25) is 0 Å². The van der Waals surface area contributed by atoms with Crippen LogP contribution in [0.15, 0.2) is 24.3 Å². The number of likely N-dealkylation sites (N-methyl/N-ethyl adjacent to an activating group) is 1. The molecule has 0 spiro atoms. The summed E-state index contributed by atoms with van der Waals surface area (Å²) in [6, 6.07) is 7.41. The Bertz CT molecular complexity index is 320. The molecule has 1 aromatic carbocycles. The first kappa shape index (κ1) is 14.3. The maximum Gasteiger partial charge on any atom is 0.120 e. The summed E-state index contributed by atoms with van der Waals surface area (Å²) in [6.07, 6.45) is 0.811. The lowest BCUT2D eigenvalue weighted by Gasteiger charge is -2.19. The van der Waals surface area contributed by atoms with E-state index in [1.165, 1.54) is 0 Å². The molecule has 1 rings (SSSR count). The highest BCUT2D eigenvalue weighted by atomic mass is 35.5. The molecule has 0 fully saturated rings. The van der Waals surface area contributed by atoms with Crippen LogP contribution in [0, 0.1) is 0 Å². The van der Waals surface area contributed by atoms with Gasteiger partial charge in [-0.25, -0.2) is 0 Å². The molecule has 0 aliphatic rings. The van der Waals surface area contributed by atoms with Crippen molar-refractivity contribution in [2.24, 2.45) is 0 Å². The van der Waals surface area contributed by atoms with Gasteiger partial charge in [0, 0.05) is 24.7 Å². The fourth-order valence-electron chi connectivity index (χ4n) is 1.57. The average Bonchev–Trinajstić information content (AvgIpc) is 2.33. The van der Waals surface area contributed by atoms with Crippen LogP contribution in [0.2, 0.25) is 5.02 Å². The molecule has 96 valence electrons. The Labute approximate surface area is 108 Å². The molecule has 0 saturated heterocycles. The van der Waals surface area contributed by atoms with Crippen LogP contribution < -0.4 is 4.74 Å². The molecule has 0 unspecified atom stereocenters. The van der Waals surface area contributed by atoms with Gasteiger partial charge >= 0.3 is 0 Å². The molecular formula is C13H20ClNO2. The molecule has 0 atom stereocenters. The van der Waals surface area contributed by atoms with Gasteiger partial charge in [-0.05, 0) is 31.2 Å². The van der Waals surface area contributed by atoms with Gasteiger partial charge in [0.25, 0.3) is 0 Å². The van der Waals surface area contributed by atoms with Crippen molar-refractivity contribution in [3.63, 3.8) is 0 Å². The third-order valence-electron chi connectivity index (χ3n) is 2.55. The van der Waals surface area contributed by atoms with E-state index in [2.05, 4.69) is 11.8 Å². The van der Waals surface area contributed by atoms with E-state index < -0.39 is 0 Å². The Hall–Kier alpha value is -0.770. The van der Waals surface area contributed by atoms with Crippen LogP contribution in [-0.4, -0.2) is 42.9 Å². The highest BCUT2D eigenvalue weighted by Gasteiger charge is 2.02. The standard InChI is InChI=1S/C13H20ClNO2/c1-2-15(7-4-9-16)8-10-17-13-6-3-5-12(14)11-13/h3,5-6,11,16H,2,4,7-10H2,1H3. The highest BCUT2D eigenvalue weighted by Crippen LogP contribution is 2.16. The normalized spacial score (nSPS) is 10.8. The number of nitrogens with zero attached hydrogens (tertiary/aromatic N) is 1. The van der Waals surface area contributed by atoms with Crippen molar-refractivity contribution in [3.8, 4) is 5.75 Å². The minimum absolute atomic E-state index is 0.242. The van der Waals surface area contributed by atoms with Gasteiger partial charge in [0.05, 0.1) is 0 Å². The first-order valence-electron chi connectivity index (χ1n) is 5.98. The van der Waals surface area contributed by atoms with E-state index in [1.807, 2.05) is 24.3 Å². The molecule has 0 amide bonds. The van der Waals surface area contributed by atoms with E-state index in [1.54, 1.807) is 0 Å². The fourth-order valence-corrected chi connectivity index (χ4v) is 1.75. The number of ether oxygens (including phenoxy) is 1. The molecule has 1 N–H and O–H groups in total. The van der Waals surface area contributed by atoms with Gasteiger partial charge in [-0.15, -0.1) is 0 Å². The predicted molar refractivity (Wildman–Crippen MR) is 70.8 cm³/mol. The van der Waals surface area contributed by atoms with Gasteiger partial charge in [-0.1, -0.05) is 24.6 Å². The zero-order chi connectivity index (χ0) is 12.5. The Kier molecular flexibility index (Phi) is 7.01. The molecule has 0 radical (unpaired) electrons. The number of halogens is 1. The molecule has 1 aromatic rings. The zero-order valence-electron chi connectivity index (χ0n) is 10.2. The molecule has 17 heavy (non-hydrogen) atoms. The van der Waals surface area contributed by atoms with E-state index >= 15 is 0 Å². The predicted octanol–water partition coefficient (Wildman–Crippen LogP) is 2.42. The summed E-state index contributed by atoms with van der Waals surface area (Å²) in [5.74, 6) is 0.802. The summed E-state index contributed by atoms with van der Waals surface area (Å²) in [5.41, 5.74) is 0. The van der Waals surface area contributed by atoms with Crippen molar-refractivity contribution < 1.29 is 9.84 Å². The second-order valence-corrected chi connectivity index (χ2v) is 4.25. The minimum Gasteiger partial charge on any atom is -0.492 e. The van der Waals surface area contributed by atoms with Crippen LogP contribution in [0.1, 0.15) is 13.3 Å². The number of benzene rings is 1. The van der Waals surface area contributed by atoms with E-state index in [9.17, 15) is 0 Å². The lowest BCUT2D eigenvalue weighted by Crippen LogP contribution is -2.29. The smallest absolute Gasteiger partial charge is 0.120 e. The number of aliphatic hydroxyl groups is 1. The van der Waals surface area contributed by atoms with Crippen LogP contribution in [0.5, 0.6) is 5.75 Å². The summed E-state index contributed by atoms with van der Waals surface area (Å²) in [4.78, 5) is 2.25. The van der Waals surface area contributed by atoms with Crippen molar-refractivity contribution in [1.29, 1.82) is 0 Å². The molecule has 0 bridgehead atoms. The van der Waals surface area contributed by atoms with Crippen LogP contribution in [-0.2, 0) is 0 Å². The molecule has 0 saturated carbocycles. The van der Waals surface area contributed by atoms with Gasteiger partial charge in [0.15, 0.2) is 0 Å². The molecule has 3 nitrogen and oxygen atoms in total. The van der Waals surface area contributed by atoms with E-state index in [4.69, 9.17) is 21.4 Å². The summed E-state index contributed by atoms with van der Waals surface area (Å²) >= 11 is 5.86. The quantitative estimate of drug-likeness (QED) is 0.776. The Morgan fingerprint density at radius 1 is 1.35 bits per heavy atom. The van der Waals surface area contributed by atoms with Crippen LogP contribution in [0.4, 0.5) is 0 Å². The largest absolute Gasteiger partial charge is 0.492 e. The molecule has 0 aliphatic carbocycles. The summed E-state index contributed by atoms with van der Waals surface area (Å²) in [6.45, 7) is 5.73. The lowest BCUT2D eigenvalue weighted by atomic mass is 10.3. The fraction of sp³-hybridized carbons (Fsp3) is 0.538. The van der Waals surface area contributed by atoms with Gasteiger partial charge < -0.3 is 14.7 Å². The minimum atomic E-state index is 0.242. The van der Waals surface area contributed by atoms with Crippen molar-refractivity contribution >= 4 is 11.6 Å². The first-order valence-corrected chi connectivity index (χ1v) is 6.35.